The molecule has 0 bridgehead atoms. The Morgan fingerprint density at radius 1 is 1.06 bits per heavy atom. The number of rotatable bonds is 11. The average Bonchev–Trinajstić information content (AvgIpc) is 2.78. The molecule has 1 rings (SSSR count). The highest BCUT2D eigenvalue weighted by Crippen LogP contribution is 2.28. The predicted molar refractivity (Wildman–Crippen MR) is 114 cm³/mol. The van der Waals surface area contributed by atoms with E-state index in [1.807, 2.05) is 0 Å². The van der Waals surface area contributed by atoms with Gasteiger partial charge in [-0.3, -0.25) is 24.0 Å². The van der Waals surface area contributed by atoms with E-state index < -0.39 is 85.1 Å². The minimum Gasteiger partial charge on any atom is -0.477 e. The number of azide groups is 1. The highest BCUT2D eigenvalue weighted by Gasteiger charge is 2.49. The van der Waals surface area contributed by atoms with E-state index in [0.717, 1.165) is 40.9 Å². The molecule has 1 aliphatic heterocycles. The molecular weight excluding hydrogens is 488 g/mol. The third-order valence-electron chi connectivity index (χ3n) is 4.34. The van der Waals surface area contributed by atoms with Gasteiger partial charge < -0.3 is 33.7 Å². The van der Waals surface area contributed by atoms with E-state index in [0.29, 0.717) is 0 Å². The number of esters is 5. The van der Waals surface area contributed by atoms with Gasteiger partial charge in [0.15, 0.2) is 18.3 Å². The molecule has 0 aliphatic carbocycles. The van der Waals surface area contributed by atoms with Gasteiger partial charge in [0, 0.05) is 38.7 Å². The molecule has 5 atom stereocenters. The van der Waals surface area contributed by atoms with Crippen LogP contribution in [0.5, 0.6) is 0 Å². The molecule has 0 saturated carbocycles. The van der Waals surface area contributed by atoms with Gasteiger partial charge in [0.1, 0.15) is 25.3 Å². The normalized spacial score (nSPS) is 20.0. The SMILES string of the molecule is COC(=O)C1=C[C@H](OC(C)=O)[C@@H](NC(=O)CN=[N+]=[N-])[C@@H]([C@@H](OC(C)=O)[C@@H](COC(C)=O)OC(C)=O)O1. The summed E-state index contributed by atoms with van der Waals surface area (Å²) in [5.74, 6) is -5.70. The Balaban J connectivity index is 3.65. The van der Waals surface area contributed by atoms with Crippen LogP contribution < -0.4 is 5.32 Å². The van der Waals surface area contributed by atoms with Gasteiger partial charge in [-0.2, -0.15) is 0 Å². The van der Waals surface area contributed by atoms with Gasteiger partial charge in [0.2, 0.25) is 11.7 Å². The van der Waals surface area contributed by atoms with Crippen molar-refractivity contribution in [1.82, 2.24) is 5.32 Å². The summed E-state index contributed by atoms with van der Waals surface area (Å²) in [5, 5.41) is 5.56. The molecule has 1 heterocycles. The number of hydrogen-bond donors (Lipinski definition) is 1. The van der Waals surface area contributed by atoms with Crippen molar-refractivity contribution in [3.8, 4) is 0 Å². The average molecular weight is 514 g/mol. The Morgan fingerprint density at radius 2 is 1.69 bits per heavy atom. The summed E-state index contributed by atoms with van der Waals surface area (Å²) in [6.45, 7) is 2.91. The van der Waals surface area contributed by atoms with Gasteiger partial charge in [-0.05, 0) is 5.53 Å². The van der Waals surface area contributed by atoms with Crippen molar-refractivity contribution in [2.75, 3.05) is 20.3 Å². The second-order valence-corrected chi connectivity index (χ2v) is 7.19. The maximum Gasteiger partial charge on any atom is 0.373 e. The summed E-state index contributed by atoms with van der Waals surface area (Å²) in [6.07, 6.45) is -5.05. The van der Waals surface area contributed by atoms with Crippen molar-refractivity contribution in [3.05, 3.63) is 22.3 Å². The van der Waals surface area contributed by atoms with E-state index >= 15 is 0 Å². The van der Waals surface area contributed by atoms with Crippen LogP contribution in [0.15, 0.2) is 16.9 Å². The van der Waals surface area contributed by atoms with Gasteiger partial charge in [-0.15, -0.1) is 0 Å². The molecule has 0 unspecified atom stereocenters. The summed E-state index contributed by atoms with van der Waals surface area (Å²) in [7, 11) is 1.04. The largest absolute Gasteiger partial charge is 0.477 e. The first-order valence-corrected chi connectivity index (χ1v) is 10.3. The molecule has 1 N–H and O–H groups in total. The van der Waals surface area contributed by atoms with Gasteiger partial charge in [-0.1, -0.05) is 5.11 Å². The number of nitrogens with zero attached hydrogens (tertiary/aromatic N) is 3. The molecule has 0 saturated heterocycles. The highest BCUT2D eigenvalue weighted by atomic mass is 16.6. The number of carbonyl (C=O) groups is 6. The quantitative estimate of drug-likeness (QED) is 0.122. The van der Waals surface area contributed by atoms with Crippen LogP contribution in [0.3, 0.4) is 0 Å². The Morgan fingerprint density at radius 3 is 2.19 bits per heavy atom. The molecule has 0 aromatic carbocycles. The molecule has 16 heteroatoms. The van der Waals surface area contributed by atoms with Crippen molar-refractivity contribution >= 4 is 35.8 Å². The zero-order chi connectivity index (χ0) is 27.4. The fourth-order valence-corrected chi connectivity index (χ4v) is 3.13. The summed E-state index contributed by atoms with van der Waals surface area (Å²) >= 11 is 0. The Hall–Kier alpha value is -4.33. The van der Waals surface area contributed by atoms with Crippen molar-refractivity contribution in [1.29, 1.82) is 0 Å². The van der Waals surface area contributed by atoms with Crippen molar-refractivity contribution in [2.24, 2.45) is 5.11 Å². The molecule has 0 aromatic rings. The standard InChI is InChI=1S/C20H26N4O12/c1-9(25)32-8-15(34-11(3)27)18(35-12(4)28)19-17(23-16(29)7-22-24-21)13(33-10(2)26)6-14(36-19)20(30)31-5/h6,13,15,17-19H,7-8H2,1-5H3,(H,23,29)/t13-,15+,17+,18-,19-/m0/s1. The zero-order valence-corrected chi connectivity index (χ0v) is 20.1. The van der Waals surface area contributed by atoms with Crippen LogP contribution in [-0.4, -0.2) is 86.5 Å². The zero-order valence-electron chi connectivity index (χ0n) is 20.1. The number of ether oxygens (including phenoxy) is 6. The van der Waals surface area contributed by atoms with Crippen LogP contribution >= 0.6 is 0 Å². The molecule has 1 amide bonds. The van der Waals surface area contributed by atoms with E-state index in [2.05, 4.69) is 20.1 Å². The fraction of sp³-hybridized carbons (Fsp3) is 0.600. The van der Waals surface area contributed by atoms with Gasteiger partial charge in [-0.25, -0.2) is 4.79 Å². The lowest BCUT2D eigenvalue weighted by atomic mass is 9.93. The van der Waals surface area contributed by atoms with E-state index in [4.69, 9.17) is 29.2 Å². The molecule has 1 aliphatic rings. The molecule has 16 nitrogen and oxygen atoms in total. The summed E-state index contributed by atoms with van der Waals surface area (Å²) in [5.41, 5.74) is 8.49. The Kier molecular flexibility index (Phi) is 11.7. The lowest BCUT2D eigenvalue weighted by Gasteiger charge is -2.41. The molecule has 36 heavy (non-hydrogen) atoms. The number of hydrogen-bond acceptors (Lipinski definition) is 13. The minimum atomic E-state index is -1.62. The third-order valence-corrected chi connectivity index (χ3v) is 4.34. The fourth-order valence-electron chi connectivity index (χ4n) is 3.13. The van der Waals surface area contributed by atoms with Crippen LogP contribution in [0.4, 0.5) is 0 Å². The van der Waals surface area contributed by atoms with Crippen LogP contribution in [-0.2, 0) is 57.2 Å². The van der Waals surface area contributed by atoms with Crippen LogP contribution in [0.25, 0.3) is 10.4 Å². The lowest BCUT2D eigenvalue weighted by molar-refractivity contribution is -0.191. The first-order chi connectivity index (χ1) is 16.9. The van der Waals surface area contributed by atoms with E-state index in [-0.39, 0.29) is 0 Å². The number of amides is 1. The van der Waals surface area contributed by atoms with Gasteiger partial charge >= 0.3 is 29.8 Å². The number of carbonyl (C=O) groups excluding carboxylic acids is 6. The summed E-state index contributed by atoms with van der Waals surface area (Å²) in [4.78, 5) is 74.0. The maximum atomic E-state index is 12.4. The Bertz CT molecular complexity index is 958. The first-order valence-electron chi connectivity index (χ1n) is 10.3. The van der Waals surface area contributed by atoms with Crippen molar-refractivity contribution in [2.45, 2.75) is 58.2 Å². The molecule has 0 spiro atoms. The van der Waals surface area contributed by atoms with Crippen LogP contribution in [0.2, 0.25) is 0 Å². The van der Waals surface area contributed by atoms with Crippen molar-refractivity contribution in [3.63, 3.8) is 0 Å². The van der Waals surface area contributed by atoms with Gasteiger partial charge in [0.05, 0.1) is 7.11 Å². The topological polar surface area (TPSA) is 219 Å². The minimum absolute atomic E-state index is 0.486. The monoisotopic (exact) mass is 514 g/mol. The molecule has 0 fully saturated rings. The molecule has 0 radical (unpaired) electrons. The summed E-state index contributed by atoms with van der Waals surface area (Å²) in [6, 6.07) is -1.39. The van der Waals surface area contributed by atoms with Crippen LogP contribution in [0.1, 0.15) is 27.7 Å². The Labute approximate surface area is 204 Å². The highest BCUT2D eigenvalue weighted by molar-refractivity contribution is 5.87. The van der Waals surface area contributed by atoms with Crippen molar-refractivity contribution < 1.29 is 57.2 Å². The number of nitrogens with one attached hydrogen (secondary N) is 1. The summed E-state index contributed by atoms with van der Waals surface area (Å²) < 4.78 is 30.9. The van der Waals surface area contributed by atoms with E-state index in [9.17, 15) is 28.8 Å². The third kappa shape index (κ3) is 9.50. The molecular formula is C20H26N4O12. The second-order valence-electron chi connectivity index (χ2n) is 7.19. The second kappa shape index (κ2) is 14.2. The smallest absolute Gasteiger partial charge is 0.373 e. The number of methoxy groups -OCH3 is 1. The molecule has 198 valence electrons. The lowest BCUT2D eigenvalue weighted by Crippen LogP contribution is -2.62. The maximum absolute atomic E-state index is 12.4. The van der Waals surface area contributed by atoms with E-state index in [1.165, 1.54) is 0 Å². The van der Waals surface area contributed by atoms with E-state index in [1.54, 1.807) is 0 Å². The first kappa shape index (κ1) is 29.7. The molecule has 0 aromatic heterocycles. The van der Waals surface area contributed by atoms with Gasteiger partial charge in [0.25, 0.3) is 0 Å². The predicted octanol–water partition coefficient (Wildman–Crippen LogP) is -0.405. The van der Waals surface area contributed by atoms with Crippen LogP contribution in [0, 0.1) is 0 Å².